The van der Waals surface area contributed by atoms with Crippen molar-refractivity contribution < 1.29 is 4.79 Å². The van der Waals surface area contributed by atoms with Gasteiger partial charge in [-0.25, -0.2) is 0 Å². The first-order valence-corrected chi connectivity index (χ1v) is 9.21. The van der Waals surface area contributed by atoms with Crippen LogP contribution >= 0.6 is 31.9 Å². The van der Waals surface area contributed by atoms with Gasteiger partial charge in [0.25, 0.3) is 5.91 Å². The third-order valence-corrected chi connectivity index (χ3v) is 5.84. The second-order valence-corrected chi connectivity index (χ2v) is 7.73. The summed E-state index contributed by atoms with van der Waals surface area (Å²) in [5.41, 5.74) is 0.752. The minimum Gasteiger partial charge on any atom is -0.339 e. The molecule has 2 aliphatic heterocycles. The lowest BCUT2D eigenvalue weighted by Gasteiger charge is -2.35. The largest absolute Gasteiger partial charge is 0.339 e. The highest BCUT2D eigenvalue weighted by Crippen LogP contribution is 2.28. The van der Waals surface area contributed by atoms with Crippen LogP contribution in [0.5, 0.6) is 0 Å². The van der Waals surface area contributed by atoms with Gasteiger partial charge in [0, 0.05) is 28.1 Å². The van der Waals surface area contributed by atoms with E-state index in [0.29, 0.717) is 6.04 Å². The number of hydrogen-bond donors (Lipinski definition) is 1. The highest BCUT2D eigenvalue weighted by atomic mass is 79.9. The molecule has 1 atom stereocenters. The number of amides is 1. The van der Waals surface area contributed by atoms with E-state index in [1.807, 2.05) is 23.1 Å². The van der Waals surface area contributed by atoms with Gasteiger partial charge in [0.1, 0.15) is 0 Å². The van der Waals surface area contributed by atoms with Gasteiger partial charge in [-0.05, 0) is 72.3 Å². The number of benzene rings is 1. The molecule has 21 heavy (non-hydrogen) atoms. The first kappa shape index (κ1) is 15.5. The summed E-state index contributed by atoms with van der Waals surface area (Å²) in [6.45, 7) is 2.91. The molecule has 1 unspecified atom stereocenters. The first-order valence-electron chi connectivity index (χ1n) is 7.63. The van der Waals surface area contributed by atoms with Gasteiger partial charge in [-0.1, -0.05) is 15.9 Å². The van der Waals surface area contributed by atoms with E-state index < -0.39 is 0 Å². The molecule has 114 valence electrons. The Kier molecular flexibility index (Phi) is 5.02. The van der Waals surface area contributed by atoms with E-state index in [4.69, 9.17) is 0 Å². The number of piperidine rings is 1. The number of halogens is 2. The van der Waals surface area contributed by atoms with Crippen molar-refractivity contribution in [2.24, 2.45) is 5.92 Å². The van der Waals surface area contributed by atoms with Crippen LogP contribution in [0.15, 0.2) is 27.1 Å². The second-order valence-electron chi connectivity index (χ2n) is 5.96. The Balaban J connectivity index is 1.63. The first-order chi connectivity index (χ1) is 10.1. The zero-order valence-electron chi connectivity index (χ0n) is 11.9. The molecular weight excluding hydrogens is 396 g/mol. The van der Waals surface area contributed by atoms with E-state index in [9.17, 15) is 4.79 Å². The molecule has 0 radical (unpaired) electrons. The number of carbonyl (C=O) groups is 1. The fourth-order valence-electron chi connectivity index (χ4n) is 3.45. The molecule has 3 rings (SSSR count). The molecule has 2 aliphatic rings. The van der Waals surface area contributed by atoms with Crippen LogP contribution in [0.4, 0.5) is 0 Å². The summed E-state index contributed by atoms with van der Waals surface area (Å²) >= 11 is 6.93. The molecule has 1 amide bonds. The SMILES string of the molecule is O=C(c1cc(Br)ccc1Br)N1CCC(C2CCCN2)CC1. The van der Waals surface area contributed by atoms with Gasteiger partial charge in [0.15, 0.2) is 0 Å². The van der Waals surface area contributed by atoms with Crippen molar-refractivity contribution >= 4 is 37.8 Å². The zero-order chi connectivity index (χ0) is 14.8. The Labute approximate surface area is 142 Å². The number of carbonyl (C=O) groups excluding carboxylic acids is 1. The second kappa shape index (κ2) is 6.80. The number of nitrogens with one attached hydrogen (secondary N) is 1. The van der Waals surface area contributed by atoms with Crippen molar-refractivity contribution in [2.75, 3.05) is 19.6 Å². The van der Waals surface area contributed by atoms with Crippen LogP contribution in [0, 0.1) is 5.92 Å². The van der Waals surface area contributed by atoms with Crippen molar-refractivity contribution in [3.63, 3.8) is 0 Å². The average molecular weight is 416 g/mol. The van der Waals surface area contributed by atoms with E-state index >= 15 is 0 Å². The minimum atomic E-state index is 0.140. The van der Waals surface area contributed by atoms with Crippen LogP contribution in [0.25, 0.3) is 0 Å². The molecule has 0 saturated carbocycles. The Morgan fingerprint density at radius 1 is 1.19 bits per heavy atom. The minimum absolute atomic E-state index is 0.140. The highest BCUT2D eigenvalue weighted by Gasteiger charge is 2.30. The van der Waals surface area contributed by atoms with Crippen LogP contribution in [0.1, 0.15) is 36.0 Å². The van der Waals surface area contributed by atoms with E-state index in [-0.39, 0.29) is 5.91 Å². The fraction of sp³-hybridized carbons (Fsp3) is 0.562. The molecule has 0 aromatic heterocycles. The third-order valence-electron chi connectivity index (χ3n) is 4.65. The van der Waals surface area contributed by atoms with Crippen molar-refractivity contribution in [1.29, 1.82) is 0 Å². The summed E-state index contributed by atoms with van der Waals surface area (Å²) in [7, 11) is 0. The third kappa shape index (κ3) is 3.51. The highest BCUT2D eigenvalue weighted by molar-refractivity contribution is 9.11. The maximum atomic E-state index is 12.7. The molecule has 2 saturated heterocycles. The van der Waals surface area contributed by atoms with Crippen molar-refractivity contribution in [1.82, 2.24) is 10.2 Å². The maximum absolute atomic E-state index is 12.7. The smallest absolute Gasteiger partial charge is 0.255 e. The molecule has 3 nitrogen and oxygen atoms in total. The summed E-state index contributed by atoms with van der Waals surface area (Å²) in [4.78, 5) is 14.7. The summed E-state index contributed by atoms with van der Waals surface area (Å²) in [6, 6.07) is 6.45. The summed E-state index contributed by atoms with van der Waals surface area (Å²) in [6.07, 6.45) is 4.84. The van der Waals surface area contributed by atoms with Crippen LogP contribution < -0.4 is 5.32 Å². The zero-order valence-corrected chi connectivity index (χ0v) is 15.1. The van der Waals surface area contributed by atoms with E-state index in [1.165, 1.54) is 12.8 Å². The van der Waals surface area contributed by atoms with Crippen molar-refractivity contribution in [3.05, 3.63) is 32.7 Å². The standard InChI is InChI=1S/C16H20Br2N2O/c17-12-3-4-14(18)13(10-12)16(21)20-8-5-11(6-9-20)15-2-1-7-19-15/h3-4,10-11,15,19H,1-2,5-9H2. The maximum Gasteiger partial charge on any atom is 0.255 e. The lowest BCUT2D eigenvalue weighted by atomic mass is 9.88. The summed E-state index contributed by atoms with van der Waals surface area (Å²) in [5.74, 6) is 0.878. The number of likely N-dealkylation sites (tertiary alicyclic amines) is 1. The number of nitrogens with zero attached hydrogens (tertiary/aromatic N) is 1. The molecule has 5 heteroatoms. The molecule has 0 aliphatic carbocycles. The van der Waals surface area contributed by atoms with Gasteiger partial charge in [0.05, 0.1) is 5.56 Å². The lowest BCUT2D eigenvalue weighted by Crippen LogP contribution is -2.43. The fourth-order valence-corrected chi connectivity index (χ4v) is 4.23. The van der Waals surface area contributed by atoms with Crippen LogP contribution in [0.3, 0.4) is 0 Å². The Morgan fingerprint density at radius 3 is 2.62 bits per heavy atom. The van der Waals surface area contributed by atoms with Crippen LogP contribution in [-0.2, 0) is 0 Å². The van der Waals surface area contributed by atoms with Crippen LogP contribution in [-0.4, -0.2) is 36.5 Å². The topological polar surface area (TPSA) is 32.3 Å². The van der Waals surface area contributed by atoms with Gasteiger partial charge < -0.3 is 10.2 Å². The predicted molar refractivity (Wildman–Crippen MR) is 91.5 cm³/mol. The monoisotopic (exact) mass is 414 g/mol. The quantitative estimate of drug-likeness (QED) is 0.796. The molecular formula is C16H20Br2N2O. The molecule has 0 spiro atoms. The van der Waals surface area contributed by atoms with E-state index in [0.717, 1.165) is 52.9 Å². The van der Waals surface area contributed by atoms with Gasteiger partial charge in [-0.2, -0.15) is 0 Å². The molecule has 2 heterocycles. The van der Waals surface area contributed by atoms with Gasteiger partial charge in [-0.15, -0.1) is 0 Å². The number of rotatable bonds is 2. The van der Waals surface area contributed by atoms with Gasteiger partial charge in [-0.3, -0.25) is 4.79 Å². The molecule has 2 fully saturated rings. The average Bonchev–Trinajstić information content (AvgIpc) is 3.03. The number of hydrogen-bond acceptors (Lipinski definition) is 2. The van der Waals surface area contributed by atoms with Gasteiger partial charge in [0.2, 0.25) is 0 Å². The van der Waals surface area contributed by atoms with Crippen LogP contribution in [0.2, 0.25) is 0 Å². The van der Waals surface area contributed by atoms with Crippen molar-refractivity contribution in [3.8, 4) is 0 Å². The Bertz CT molecular complexity index is 521. The lowest BCUT2D eigenvalue weighted by molar-refractivity contribution is 0.0673. The Morgan fingerprint density at radius 2 is 1.95 bits per heavy atom. The van der Waals surface area contributed by atoms with E-state index in [2.05, 4.69) is 37.2 Å². The van der Waals surface area contributed by atoms with Gasteiger partial charge >= 0.3 is 0 Å². The molecule has 1 aromatic rings. The molecule has 1 aromatic carbocycles. The molecule has 1 N–H and O–H groups in total. The normalized spacial score (nSPS) is 23.5. The van der Waals surface area contributed by atoms with Crippen molar-refractivity contribution in [2.45, 2.75) is 31.7 Å². The Hall–Kier alpha value is -0.390. The summed E-state index contributed by atoms with van der Waals surface area (Å²) in [5, 5.41) is 3.60. The van der Waals surface area contributed by atoms with E-state index in [1.54, 1.807) is 0 Å². The predicted octanol–water partition coefficient (Wildman–Crippen LogP) is 3.82. The molecule has 0 bridgehead atoms. The summed E-state index contributed by atoms with van der Waals surface area (Å²) < 4.78 is 1.81.